The van der Waals surface area contributed by atoms with E-state index in [1.807, 2.05) is 20.8 Å². The highest BCUT2D eigenvalue weighted by atomic mass is 16.3. The molecular weight excluding hydrogens is 228 g/mol. The van der Waals surface area contributed by atoms with Crippen molar-refractivity contribution in [3.63, 3.8) is 0 Å². The summed E-state index contributed by atoms with van der Waals surface area (Å²) in [4.78, 5) is 0. The van der Waals surface area contributed by atoms with Gasteiger partial charge >= 0.3 is 0 Å². The van der Waals surface area contributed by atoms with Crippen molar-refractivity contribution < 1.29 is 15.3 Å². The van der Waals surface area contributed by atoms with Crippen LogP contribution in [0.2, 0.25) is 0 Å². The normalized spacial score (nSPS) is 46.3. The summed E-state index contributed by atoms with van der Waals surface area (Å²) < 4.78 is 0. The summed E-state index contributed by atoms with van der Waals surface area (Å²) in [6.45, 7) is 10.2. The van der Waals surface area contributed by atoms with Crippen molar-refractivity contribution in [2.24, 2.45) is 23.2 Å². The average molecular weight is 254 g/mol. The van der Waals surface area contributed by atoms with Gasteiger partial charge in [0.1, 0.15) is 0 Å². The van der Waals surface area contributed by atoms with E-state index in [1.165, 1.54) is 0 Å². The van der Waals surface area contributed by atoms with Crippen molar-refractivity contribution in [2.45, 2.75) is 58.3 Å². The Morgan fingerprint density at radius 1 is 1.33 bits per heavy atom. The first kappa shape index (κ1) is 14.0. The quantitative estimate of drug-likeness (QED) is 0.658. The van der Waals surface area contributed by atoms with Gasteiger partial charge in [-0.1, -0.05) is 32.9 Å². The molecule has 0 aromatic heterocycles. The van der Waals surface area contributed by atoms with E-state index in [-0.39, 0.29) is 29.3 Å². The number of rotatable bonds is 2. The predicted octanol–water partition coefficient (Wildman–Crippen LogP) is 1.72. The van der Waals surface area contributed by atoms with E-state index < -0.39 is 12.2 Å². The smallest absolute Gasteiger partial charge is 0.0861 e. The molecule has 0 aromatic rings. The molecule has 3 nitrogen and oxygen atoms in total. The third-order valence-corrected chi connectivity index (χ3v) is 5.23. The lowest BCUT2D eigenvalue weighted by atomic mass is 9.62. The Bertz CT molecular complexity index is 339. The molecule has 6 atom stereocenters. The molecule has 2 aliphatic carbocycles. The van der Waals surface area contributed by atoms with Crippen LogP contribution in [0.1, 0.15) is 40.0 Å². The number of fused-ring (bicyclic) bond motifs is 1. The van der Waals surface area contributed by atoms with Gasteiger partial charge in [0.25, 0.3) is 0 Å². The van der Waals surface area contributed by atoms with Gasteiger partial charge in [0, 0.05) is 5.41 Å². The summed E-state index contributed by atoms with van der Waals surface area (Å²) in [6.07, 6.45) is 0.470. The SMILES string of the molecule is C=C1CC(O)C(O)C2(C)CCC(C(O)C(C)C)C12. The Balaban J connectivity index is 2.29. The molecule has 18 heavy (non-hydrogen) atoms. The Morgan fingerprint density at radius 2 is 1.94 bits per heavy atom. The zero-order chi connectivity index (χ0) is 13.7. The maximum atomic E-state index is 10.4. The van der Waals surface area contributed by atoms with Crippen LogP contribution in [0.25, 0.3) is 0 Å². The molecule has 104 valence electrons. The number of aliphatic hydroxyl groups excluding tert-OH is 3. The molecule has 0 spiro atoms. The van der Waals surface area contributed by atoms with Gasteiger partial charge in [0.15, 0.2) is 0 Å². The summed E-state index contributed by atoms with van der Waals surface area (Å²) >= 11 is 0. The zero-order valence-corrected chi connectivity index (χ0v) is 11.6. The second-order valence-corrected chi connectivity index (χ2v) is 6.80. The summed E-state index contributed by atoms with van der Waals surface area (Å²) in [5, 5.41) is 30.6. The van der Waals surface area contributed by atoms with E-state index in [4.69, 9.17) is 0 Å². The summed E-state index contributed by atoms with van der Waals surface area (Å²) in [5.74, 6) is 0.520. The lowest BCUT2D eigenvalue weighted by molar-refractivity contribution is -0.0988. The second kappa shape index (κ2) is 4.62. The van der Waals surface area contributed by atoms with Gasteiger partial charge in [-0.05, 0) is 37.0 Å². The van der Waals surface area contributed by atoms with E-state index in [0.29, 0.717) is 6.42 Å². The van der Waals surface area contributed by atoms with Crippen LogP contribution in [0.3, 0.4) is 0 Å². The zero-order valence-electron chi connectivity index (χ0n) is 11.6. The first-order chi connectivity index (χ1) is 8.29. The molecule has 2 fully saturated rings. The number of hydrogen-bond donors (Lipinski definition) is 3. The largest absolute Gasteiger partial charge is 0.393 e. The van der Waals surface area contributed by atoms with Crippen molar-refractivity contribution in [2.75, 3.05) is 0 Å². The minimum absolute atomic E-state index is 0.133. The summed E-state index contributed by atoms with van der Waals surface area (Å²) in [7, 11) is 0. The molecule has 2 saturated carbocycles. The van der Waals surface area contributed by atoms with E-state index >= 15 is 0 Å². The number of hydrogen-bond acceptors (Lipinski definition) is 3. The monoisotopic (exact) mass is 254 g/mol. The standard InChI is InChI=1S/C15H26O3/c1-8(2)13(17)10-5-6-15(4)12(10)9(3)7-11(16)14(15)18/h8,10-14,16-18H,3,5-7H2,1-2,4H3. The highest BCUT2D eigenvalue weighted by molar-refractivity contribution is 5.21. The highest BCUT2D eigenvalue weighted by Crippen LogP contribution is 2.57. The summed E-state index contributed by atoms with van der Waals surface area (Å²) in [5.41, 5.74) is 0.674. The predicted molar refractivity (Wildman–Crippen MR) is 70.9 cm³/mol. The Labute approximate surface area is 110 Å². The van der Waals surface area contributed by atoms with Crippen molar-refractivity contribution in [1.29, 1.82) is 0 Å². The van der Waals surface area contributed by atoms with E-state index in [1.54, 1.807) is 0 Å². The molecule has 0 aromatic carbocycles. The maximum absolute atomic E-state index is 10.4. The van der Waals surface area contributed by atoms with E-state index in [2.05, 4.69) is 6.58 Å². The fourth-order valence-electron chi connectivity index (χ4n) is 4.20. The fraction of sp³-hybridized carbons (Fsp3) is 0.867. The van der Waals surface area contributed by atoms with Crippen molar-refractivity contribution in [1.82, 2.24) is 0 Å². The Hall–Kier alpha value is -0.380. The van der Waals surface area contributed by atoms with Gasteiger partial charge in [-0.15, -0.1) is 0 Å². The van der Waals surface area contributed by atoms with E-state index in [0.717, 1.165) is 18.4 Å². The highest BCUT2D eigenvalue weighted by Gasteiger charge is 2.56. The minimum Gasteiger partial charge on any atom is -0.393 e. The minimum atomic E-state index is -0.700. The third kappa shape index (κ3) is 1.93. The molecule has 2 rings (SSSR count). The molecule has 6 unspecified atom stereocenters. The maximum Gasteiger partial charge on any atom is 0.0861 e. The average Bonchev–Trinajstić information content (AvgIpc) is 2.65. The van der Waals surface area contributed by atoms with Gasteiger partial charge in [-0.25, -0.2) is 0 Å². The van der Waals surface area contributed by atoms with Gasteiger partial charge in [0.05, 0.1) is 18.3 Å². The van der Waals surface area contributed by atoms with Crippen molar-refractivity contribution in [3.05, 3.63) is 12.2 Å². The molecule has 0 radical (unpaired) electrons. The molecule has 0 amide bonds. The molecule has 3 heteroatoms. The van der Waals surface area contributed by atoms with Crippen LogP contribution in [0.5, 0.6) is 0 Å². The van der Waals surface area contributed by atoms with Crippen molar-refractivity contribution in [3.8, 4) is 0 Å². The van der Waals surface area contributed by atoms with E-state index in [9.17, 15) is 15.3 Å². The van der Waals surface area contributed by atoms with Crippen LogP contribution in [-0.4, -0.2) is 33.6 Å². The molecular formula is C15H26O3. The van der Waals surface area contributed by atoms with Crippen molar-refractivity contribution >= 4 is 0 Å². The van der Waals surface area contributed by atoms with Gasteiger partial charge in [-0.2, -0.15) is 0 Å². The van der Waals surface area contributed by atoms with Crippen LogP contribution in [0, 0.1) is 23.2 Å². The van der Waals surface area contributed by atoms with Crippen LogP contribution in [0.15, 0.2) is 12.2 Å². The Kier molecular flexibility index (Phi) is 3.60. The first-order valence-electron chi connectivity index (χ1n) is 7.01. The van der Waals surface area contributed by atoms with Crippen LogP contribution in [-0.2, 0) is 0 Å². The molecule has 2 aliphatic rings. The van der Waals surface area contributed by atoms with Gasteiger partial charge in [0.2, 0.25) is 0 Å². The van der Waals surface area contributed by atoms with Gasteiger partial charge < -0.3 is 15.3 Å². The molecule has 0 heterocycles. The third-order valence-electron chi connectivity index (χ3n) is 5.23. The Morgan fingerprint density at radius 3 is 2.50 bits per heavy atom. The second-order valence-electron chi connectivity index (χ2n) is 6.80. The topological polar surface area (TPSA) is 60.7 Å². The molecule has 0 aliphatic heterocycles. The van der Waals surface area contributed by atoms with Gasteiger partial charge in [-0.3, -0.25) is 0 Å². The molecule has 3 N–H and O–H groups in total. The fourth-order valence-corrected chi connectivity index (χ4v) is 4.20. The van der Waals surface area contributed by atoms with Crippen LogP contribution in [0.4, 0.5) is 0 Å². The number of aliphatic hydroxyl groups is 3. The lowest BCUT2D eigenvalue weighted by Gasteiger charge is -2.47. The molecule has 0 bridgehead atoms. The molecule has 0 saturated heterocycles. The van der Waals surface area contributed by atoms with Crippen LogP contribution < -0.4 is 0 Å². The van der Waals surface area contributed by atoms with Crippen LogP contribution >= 0.6 is 0 Å². The summed E-state index contributed by atoms with van der Waals surface area (Å²) in [6, 6.07) is 0. The lowest BCUT2D eigenvalue weighted by Crippen LogP contribution is -2.51. The first-order valence-corrected chi connectivity index (χ1v) is 7.01.